The number of hydrazine groups is 1. The zero-order chi connectivity index (χ0) is 17.7. The Morgan fingerprint density at radius 3 is 2.54 bits per heavy atom. The van der Waals surface area contributed by atoms with Gasteiger partial charge >= 0.3 is 11.9 Å². The minimum atomic E-state index is -0.395. The predicted molar refractivity (Wildman–Crippen MR) is 92.8 cm³/mol. The number of nitrogens with zero attached hydrogens (tertiary/aromatic N) is 1. The molecule has 0 saturated carbocycles. The van der Waals surface area contributed by atoms with E-state index in [1.165, 1.54) is 7.11 Å². The van der Waals surface area contributed by atoms with E-state index in [4.69, 9.17) is 9.47 Å². The Balaban J connectivity index is 2.19. The number of esters is 2. The van der Waals surface area contributed by atoms with Gasteiger partial charge in [-0.2, -0.15) is 0 Å². The lowest BCUT2D eigenvalue weighted by Gasteiger charge is -2.21. The number of allylic oxidation sites excluding steroid dienone is 1. The standard InChI is InChI=1S/C17H21BrN2O4/c1-4-24-15(21)10-20-11(2)16(17(22)23-3)14(19-20)9-12-5-7-13(18)8-6-12/h5-8,14,19H,4,9-10H2,1-3H3. The first-order valence-corrected chi connectivity index (χ1v) is 8.48. The maximum atomic E-state index is 12.2. The molecule has 0 aromatic heterocycles. The van der Waals surface area contributed by atoms with Crippen LogP contribution >= 0.6 is 15.9 Å². The minimum Gasteiger partial charge on any atom is -0.466 e. The van der Waals surface area contributed by atoms with Gasteiger partial charge in [-0.15, -0.1) is 0 Å². The Morgan fingerprint density at radius 2 is 1.96 bits per heavy atom. The van der Waals surface area contributed by atoms with Gasteiger partial charge in [-0.3, -0.25) is 4.79 Å². The highest BCUT2D eigenvalue weighted by Gasteiger charge is 2.34. The molecule has 1 atom stereocenters. The molecular weight excluding hydrogens is 376 g/mol. The van der Waals surface area contributed by atoms with E-state index in [-0.39, 0.29) is 18.6 Å². The van der Waals surface area contributed by atoms with Crippen LogP contribution in [0.25, 0.3) is 0 Å². The molecule has 1 N–H and O–H groups in total. The van der Waals surface area contributed by atoms with Crippen LogP contribution in [0.4, 0.5) is 0 Å². The quantitative estimate of drug-likeness (QED) is 0.743. The molecule has 0 amide bonds. The van der Waals surface area contributed by atoms with Crippen molar-refractivity contribution in [2.75, 3.05) is 20.3 Å². The van der Waals surface area contributed by atoms with E-state index in [0.717, 1.165) is 10.0 Å². The van der Waals surface area contributed by atoms with Gasteiger partial charge in [0.2, 0.25) is 0 Å². The zero-order valence-electron chi connectivity index (χ0n) is 14.0. The molecule has 0 fully saturated rings. The van der Waals surface area contributed by atoms with Crippen LogP contribution in [-0.4, -0.2) is 43.3 Å². The molecule has 1 aromatic carbocycles. The van der Waals surface area contributed by atoms with Crippen molar-refractivity contribution >= 4 is 27.9 Å². The number of rotatable bonds is 6. The summed E-state index contributed by atoms with van der Waals surface area (Å²) in [4.78, 5) is 23.9. The molecule has 130 valence electrons. The summed E-state index contributed by atoms with van der Waals surface area (Å²) in [6.07, 6.45) is 0.606. The van der Waals surface area contributed by atoms with Gasteiger partial charge in [0, 0.05) is 10.2 Å². The molecule has 0 spiro atoms. The van der Waals surface area contributed by atoms with Crippen molar-refractivity contribution in [1.29, 1.82) is 0 Å². The molecule has 0 bridgehead atoms. The fourth-order valence-electron chi connectivity index (χ4n) is 2.65. The molecule has 7 heteroatoms. The number of benzene rings is 1. The Kier molecular flexibility index (Phi) is 6.39. The number of hydrogen-bond acceptors (Lipinski definition) is 6. The number of methoxy groups -OCH3 is 1. The van der Waals surface area contributed by atoms with Gasteiger partial charge in [-0.1, -0.05) is 28.1 Å². The molecule has 0 radical (unpaired) electrons. The lowest BCUT2D eigenvalue weighted by Crippen LogP contribution is -2.42. The van der Waals surface area contributed by atoms with Crippen molar-refractivity contribution < 1.29 is 19.1 Å². The molecule has 6 nitrogen and oxygen atoms in total. The minimum absolute atomic E-state index is 0.0387. The second kappa shape index (κ2) is 8.30. The van der Waals surface area contributed by atoms with Crippen molar-refractivity contribution in [3.8, 4) is 0 Å². The van der Waals surface area contributed by atoms with Gasteiger partial charge in [-0.05, 0) is 38.0 Å². The van der Waals surface area contributed by atoms with E-state index < -0.39 is 5.97 Å². The third-order valence-electron chi connectivity index (χ3n) is 3.81. The summed E-state index contributed by atoms with van der Waals surface area (Å²) < 4.78 is 10.9. The van der Waals surface area contributed by atoms with Crippen molar-refractivity contribution in [2.45, 2.75) is 26.3 Å². The third-order valence-corrected chi connectivity index (χ3v) is 4.33. The monoisotopic (exact) mass is 396 g/mol. The molecule has 0 aliphatic carbocycles. The van der Waals surface area contributed by atoms with E-state index >= 15 is 0 Å². The molecule has 1 unspecified atom stereocenters. The van der Waals surface area contributed by atoms with Crippen molar-refractivity contribution in [2.24, 2.45) is 0 Å². The average Bonchev–Trinajstić information content (AvgIpc) is 2.85. The second-order valence-electron chi connectivity index (χ2n) is 5.39. The first kappa shape index (κ1) is 18.5. The van der Waals surface area contributed by atoms with Gasteiger partial charge in [0.05, 0.1) is 25.3 Å². The summed E-state index contributed by atoms with van der Waals surface area (Å²) in [5.41, 5.74) is 5.49. The van der Waals surface area contributed by atoms with E-state index in [2.05, 4.69) is 21.4 Å². The van der Waals surface area contributed by atoms with Crippen LogP contribution in [0.15, 0.2) is 40.0 Å². The Labute approximate surface area is 149 Å². The SMILES string of the molecule is CCOC(=O)CN1NC(Cc2ccc(Br)cc2)C(C(=O)OC)=C1C. The summed E-state index contributed by atoms with van der Waals surface area (Å²) in [6, 6.07) is 7.63. The number of carbonyl (C=O) groups excluding carboxylic acids is 2. The molecule has 1 aliphatic rings. The van der Waals surface area contributed by atoms with E-state index in [1.807, 2.05) is 24.3 Å². The van der Waals surface area contributed by atoms with Gasteiger partial charge < -0.3 is 14.5 Å². The first-order valence-electron chi connectivity index (χ1n) is 7.69. The van der Waals surface area contributed by atoms with Crippen LogP contribution in [0.5, 0.6) is 0 Å². The Morgan fingerprint density at radius 1 is 1.29 bits per heavy atom. The third kappa shape index (κ3) is 4.36. The molecule has 0 saturated heterocycles. The van der Waals surface area contributed by atoms with E-state index in [1.54, 1.807) is 18.9 Å². The summed E-state index contributed by atoms with van der Waals surface area (Å²) in [6.45, 7) is 3.91. The Hall–Kier alpha value is -1.86. The molecule has 2 rings (SSSR count). The number of carbonyl (C=O) groups is 2. The topological polar surface area (TPSA) is 67.9 Å². The molecule has 1 aromatic rings. The lowest BCUT2D eigenvalue weighted by atomic mass is 9.99. The summed E-state index contributed by atoms with van der Waals surface area (Å²) in [5.74, 6) is -0.744. The van der Waals surface area contributed by atoms with E-state index in [9.17, 15) is 9.59 Å². The fraction of sp³-hybridized carbons (Fsp3) is 0.412. The Bertz CT molecular complexity index is 642. The number of halogens is 1. The number of ether oxygens (including phenoxy) is 2. The van der Waals surface area contributed by atoms with Gasteiger partial charge in [0.1, 0.15) is 6.54 Å². The summed E-state index contributed by atoms with van der Waals surface area (Å²) in [7, 11) is 1.35. The van der Waals surface area contributed by atoms with E-state index in [0.29, 0.717) is 24.3 Å². The average molecular weight is 397 g/mol. The predicted octanol–water partition coefficient (Wildman–Crippen LogP) is 2.19. The molecule has 1 aliphatic heterocycles. The summed E-state index contributed by atoms with van der Waals surface area (Å²) >= 11 is 3.41. The molecular formula is C17H21BrN2O4. The maximum absolute atomic E-state index is 12.2. The van der Waals surface area contributed by atoms with Crippen LogP contribution in [0, 0.1) is 0 Å². The number of hydrogen-bond donors (Lipinski definition) is 1. The van der Waals surface area contributed by atoms with Crippen LogP contribution in [0.3, 0.4) is 0 Å². The van der Waals surface area contributed by atoms with Crippen LogP contribution in [-0.2, 0) is 25.5 Å². The fourth-order valence-corrected chi connectivity index (χ4v) is 2.92. The largest absolute Gasteiger partial charge is 0.466 e. The highest BCUT2D eigenvalue weighted by molar-refractivity contribution is 9.10. The van der Waals surface area contributed by atoms with Gasteiger partial charge in [-0.25, -0.2) is 10.2 Å². The van der Waals surface area contributed by atoms with Crippen molar-refractivity contribution in [3.05, 3.63) is 45.6 Å². The highest BCUT2D eigenvalue weighted by Crippen LogP contribution is 2.25. The van der Waals surface area contributed by atoms with Crippen LogP contribution < -0.4 is 5.43 Å². The van der Waals surface area contributed by atoms with Crippen molar-refractivity contribution in [3.63, 3.8) is 0 Å². The maximum Gasteiger partial charge on any atom is 0.337 e. The normalized spacial score (nSPS) is 17.2. The molecule has 24 heavy (non-hydrogen) atoms. The first-order chi connectivity index (χ1) is 11.5. The summed E-state index contributed by atoms with van der Waals surface area (Å²) in [5, 5.41) is 1.65. The van der Waals surface area contributed by atoms with Crippen LogP contribution in [0.2, 0.25) is 0 Å². The highest BCUT2D eigenvalue weighted by atomic mass is 79.9. The van der Waals surface area contributed by atoms with Crippen molar-refractivity contribution in [1.82, 2.24) is 10.4 Å². The van der Waals surface area contributed by atoms with Gasteiger partial charge in [0.25, 0.3) is 0 Å². The zero-order valence-corrected chi connectivity index (χ0v) is 15.6. The number of nitrogens with one attached hydrogen (secondary N) is 1. The lowest BCUT2D eigenvalue weighted by molar-refractivity contribution is -0.144. The smallest absolute Gasteiger partial charge is 0.337 e. The molecule has 1 heterocycles. The van der Waals surface area contributed by atoms with Gasteiger partial charge in [0.15, 0.2) is 0 Å². The van der Waals surface area contributed by atoms with Crippen LogP contribution in [0.1, 0.15) is 19.4 Å². The second-order valence-corrected chi connectivity index (χ2v) is 6.31.